The Morgan fingerprint density at radius 3 is 2.63 bits per heavy atom. The van der Waals surface area contributed by atoms with Crippen molar-refractivity contribution in [3.63, 3.8) is 0 Å². The maximum absolute atomic E-state index is 6.21. The summed E-state index contributed by atoms with van der Waals surface area (Å²) in [6.45, 7) is 9.07. The van der Waals surface area contributed by atoms with Gasteiger partial charge < -0.3 is 19.7 Å². The molecule has 0 amide bonds. The lowest BCUT2D eigenvalue weighted by atomic mass is 10.0. The van der Waals surface area contributed by atoms with Crippen molar-refractivity contribution in [3.8, 4) is 5.75 Å². The van der Waals surface area contributed by atoms with Crippen molar-refractivity contribution < 1.29 is 9.47 Å². The number of rotatable bonds is 7. The molecule has 1 aromatic heterocycles. The molecule has 0 bridgehead atoms. The molecule has 2 fully saturated rings. The fraction of sp³-hybridized carbons (Fsp3) is 0.522. The number of ether oxygens (including phenoxy) is 2. The molecular formula is C23H31ClN4O2. The predicted octanol–water partition coefficient (Wildman–Crippen LogP) is 4.05. The third kappa shape index (κ3) is 5.56. The van der Waals surface area contributed by atoms with Crippen LogP contribution in [-0.4, -0.2) is 61.9 Å². The molecule has 2 aliphatic heterocycles. The van der Waals surface area contributed by atoms with Crippen LogP contribution in [0.3, 0.4) is 0 Å². The van der Waals surface area contributed by atoms with E-state index in [0.29, 0.717) is 17.7 Å². The lowest BCUT2D eigenvalue weighted by Gasteiger charge is -2.33. The summed E-state index contributed by atoms with van der Waals surface area (Å²) in [5.41, 5.74) is 2.35. The molecule has 0 unspecified atom stereocenters. The minimum atomic E-state index is 0.487. The number of piperidine rings is 1. The van der Waals surface area contributed by atoms with Crippen LogP contribution in [-0.2, 0) is 11.3 Å². The summed E-state index contributed by atoms with van der Waals surface area (Å²) in [5, 5.41) is 4.34. The summed E-state index contributed by atoms with van der Waals surface area (Å²) in [6, 6.07) is 10.8. The van der Waals surface area contributed by atoms with Gasteiger partial charge in [0.05, 0.1) is 36.7 Å². The zero-order chi connectivity index (χ0) is 20.8. The number of nitrogens with zero attached hydrogens (tertiary/aromatic N) is 3. The first kappa shape index (κ1) is 21.2. The first-order chi connectivity index (χ1) is 14.7. The number of nitrogens with one attached hydrogen (secondary N) is 1. The molecular weight excluding hydrogens is 400 g/mol. The number of halogens is 1. The van der Waals surface area contributed by atoms with Crippen molar-refractivity contribution in [3.05, 3.63) is 47.1 Å². The lowest BCUT2D eigenvalue weighted by molar-refractivity contribution is 0.122. The van der Waals surface area contributed by atoms with Gasteiger partial charge in [0.25, 0.3) is 0 Å². The summed E-state index contributed by atoms with van der Waals surface area (Å²) in [5.74, 6) is 1.81. The lowest BCUT2D eigenvalue weighted by Crippen LogP contribution is -2.38. The van der Waals surface area contributed by atoms with Gasteiger partial charge >= 0.3 is 0 Å². The van der Waals surface area contributed by atoms with Gasteiger partial charge in [-0.1, -0.05) is 17.7 Å². The Labute approximate surface area is 184 Å². The SMILES string of the molecule is CCOc1cc(CN2CCC(Nc3ccc(N4CCOCC4)nc3)CC2)ccc1Cl. The van der Waals surface area contributed by atoms with E-state index in [1.54, 1.807) is 0 Å². The van der Waals surface area contributed by atoms with Crippen LogP contribution in [0.5, 0.6) is 5.75 Å². The summed E-state index contributed by atoms with van der Waals surface area (Å²) in [6.07, 6.45) is 4.20. The van der Waals surface area contributed by atoms with Crippen LogP contribution >= 0.6 is 11.6 Å². The number of likely N-dealkylation sites (tertiary alicyclic amines) is 1. The largest absolute Gasteiger partial charge is 0.492 e. The molecule has 7 heteroatoms. The van der Waals surface area contributed by atoms with E-state index in [4.69, 9.17) is 21.1 Å². The standard InChI is InChI=1S/C23H31ClN4O2/c1-2-30-22-15-18(3-5-21(22)24)17-27-9-7-19(8-10-27)26-20-4-6-23(25-16-20)28-11-13-29-14-12-28/h3-6,15-16,19,26H,2,7-14,17H2,1H3. The van der Waals surface area contributed by atoms with Gasteiger partial charge in [-0.15, -0.1) is 0 Å². The molecule has 2 aliphatic rings. The molecule has 6 nitrogen and oxygen atoms in total. The fourth-order valence-electron chi connectivity index (χ4n) is 4.09. The van der Waals surface area contributed by atoms with E-state index >= 15 is 0 Å². The van der Waals surface area contributed by atoms with Gasteiger partial charge in [0.2, 0.25) is 0 Å². The highest BCUT2D eigenvalue weighted by Gasteiger charge is 2.20. The number of morpholine rings is 1. The number of hydrogen-bond donors (Lipinski definition) is 1. The third-order valence-corrected chi connectivity index (χ3v) is 6.06. The molecule has 0 saturated carbocycles. The molecule has 2 aromatic rings. The third-order valence-electron chi connectivity index (χ3n) is 5.74. The summed E-state index contributed by atoms with van der Waals surface area (Å²) < 4.78 is 11.0. The van der Waals surface area contributed by atoms with E-state index in [1.165, 1.54) is 5.56 Å². The predicted molar refractivity (Wildman–Crippen MR) is 122 cm³/mol. The van der Waals surface area contributed by atoms with Crippen LogP contribution < -0.4 is 15.0 Å². The molecule has 0 radical (unpaired) electrons. The number of benzene rings is 1. The van der Waals surface area contributed by atoms with Gasteiger partial charge in [-0.3, -0.25) is 4.90 Å². The van der Waals surface area contributed by atoms with Crippen molar-refractivity contribution in [1.29, 1.82) is 0 Å². The van der Waals surface area contributed by atoms with E-state index in [9.17, 15) is 0 Å². The quantitative estimate of drug-likeness (QED) is 0.715. The minimum absolute atomic E-state index is 0.487. The maximum Gasteiger partial charge on any atom is 0.138 e. The van der Waals surface area contributed by atoms with E-state index < -0.39 is 0 Å². The zero-order valence-electron chi connectivity index (χ0n) is 17.6. The van der Waals surface area contributed by atoms with E-state index in [0.717, 1.165) is 76.0 Å². The number of hydrogen-bond acceptors (Lipinski definition) is 6. The van der Waals surface area contributed by atoms with Gasteiger partial charge in [0.15, 0.2) is 0 Å². The normalized spacial score (nSPS) is 18.4. The van der Waals surface area contributed by atoms with E-state index in [1.807, 2.05) is 19.2 Å². The molecule has 0 atom stereocenters. The van der Waals surface area contributed by atoms with Crippen LogP contribution in [0.25, 0.3) is 0 Å². The van der Waals surface area contributed by atoms with Crippen molar-refractivity contribution in [2.24, 2.45) is 0 Å². The Kier molecular flexibility index (Phi) is 7.31. The monoisotopic (exact) mass is 430 g/mol. The van der Waals surface area contributed by atoms with Crippen molar-refractivity contribution in [2.75, 3.05) is 56.2 Å². The van der Waals surface area contributed by atoms with Crippen LogP contribution in [0.4, 0.5) is 11.5 Å². The van der Waals surface area contributed by atoms with E-state index in [2.05, 4.69) is 44.4 Å². The van der Waals surface area contributed by atoms with Crippen molar-refractivity contribution in [2.45, 2.75) is 32.4 Å². The second kappa shape index (κ2) is 10.3. The van der Waals surface area contributed by atoms with Crippen molar-refractivity contribution >= 4 is 23.1 Å². The van der Waals surface area contributed by atoms with Crippen LogP contribution in [0.2, 0.25) is 5.02 Å². The smallest absolute Gasteiger partial charge is 0.138 e. The Hall–Kier alpha value is -2.02. The molecule has 1 N–H and O–H groups in total. The second-order valence-corrected chi connectivity index (χ2v) is 8.30. The molecule has 2 saturated heterocycles. The second-order valence-electron chi connectivity index (χ2n) is 7.90. The minimum Gasteiger partial charge on any atom is -0.492 e. The van der Waals surface area contributed by atoms with Crippen LogP contribution in [0, 0.1) is 0 Å². The Morgan fingerprint density at radius 1 is 1.13 bits per heavy atom. The zero-order valence-corrected chi connectivity index (χ0v) is 18.4. The fourth-order valence-corrected chi connectivity index (χ4v) is 4.26. The number of aromatic nitrogens is 1. The van der Waals surface area contributed by atoms with Gasteiger partial charge in [0, 0.05) is 38.8 Å². The molecule has 0 aliphatic carbocycles. The summed E-state index contributed by atoms with van der Waals surface area (Å²) in [4.78, 5) is 9.42. The molecule has 0 spiro atoms. The molecule has 30 heavy (non-hydrogen) atoms. The highest BCUT2D eigenvalue weighted by atomic mass is 35.5. The van der Waals surface area contributed by atoms with Gasteiger partial charge in [-0.2, -0.15) is 0 Å². The average Bonchev–Trinajstić information content (AvgIpc) is 2.79. The average molecular weight is 431 g/mol. The first-order valence-electron chi connectivity index (χ1n) is 10.9. The molecule has 162 valence electrons. The highest BCUT2D eigenvalue weighted by Crippen LogP contribution is 2.27. The van der Waals surface area contributed by atoms with Gasteiger partial charge in [0.1, 0.15) is 11.6 Å². The number of anilines is 2. The topological polar surface area (TPSA) is 49.9 Å². The van der Waals surface area contributed by atoms with E-state index in [-0.39, 0.29) is 0 Å². The Bertz CT molecular complexity index is 803. The molecule has 1 aromatic carbocycles. The maximum atomic E-state index is 6.21. The summed E-state index contributed by atoms with van der Waals surface area (Å²) in [7, 11) is 0. The Balaban J connectivity index is 1.25. The molecule has 3 heterocycles. The molecule has 4 rings (SSSR count). The summed E-state index contributed by atoms with van der Waals surface area (Å²) >= 11 is 6.21. The Morgan fingerprint density at radius 2 is 1.93 bits per heavy atom. The number of pyridine rings is 1. The highest BCUT2D eigenvalue weighted by molar-refractivity contribution is 6.32. The van der Waals surface area contributed by atoms with Crippen molar-refractivity contribution in [1.82, 2.24) is 9.88 Å². The van der Waals surface area contributed by atoms with Gasteiger partial charge in [-0.25, -0.2) is 4.98 Å². The van der Waals surface area contributed by atoms with Crippen LogP contribution in [0.1, 0.15) is 25.3 Å². The first-order valence-corrected chi connectivity index (χ1v) is 11.3. The van der Waals surface area contributed by atoms with Crippen LogP contribution in [0.15, 0.2) is 36.5 Å². The van der Waals surface area contributed by atoms with Gasteiger partial charge in [-0.05, 0) is 49.6 Å².